The van der Waals surface area contributed by atoms with Gasteiger partial charge in [-0.1, -0.05) is 10.3 Å². The van der Waals surface area contributed by atoms with Crippen LogP contribution < -0.4 is 0 Å². The second kappa shape index (κ2) is 7.60. The van der Waals surface area contributed by atoms with Crippen LogP contribution >= 0.6 is 0 Å². The van der Waals surface area contributed by atoms with Gasteiger partial charge in [-0.15, -0.1) is 0 Å². The number of hydrogen-bond donors (Lipinski definition) is 1. The first kappa shape index (κ1) is 11.4. The molecule has 4 nitrogen and oxygen atoms in total. The molecule has 1 N–H and O–H groups in total. The SMILES string of the molecule is CON=C(C)C=NO.[Pd]. The minimum atomic E-state index is 0. The van der Waals surface area contributed by atoms with Crippen molar-refractivity contribution in [1.82, 2.24) is 0 Å². The summed E-state index contributed by atoms with van der Waals surface area (Å²) in [5.74, 6) is 0. The third kappa shape index (κ3) is 7.60. The fourth-order valence-corrected chi connectivity index (χ4v) is 0.251. The molecule has 5 heteroatoms. The van der Waals surface area contributed by atoms with Crippen LogP contribution in [0.3, 0.4) is 0 Å². The Morgan fingerprint density at radius 1 is 1.67 bits per heavy atom. The maximum Gasteiger partial charge on any atom is 0.106 e. The Hall–Kier alpha value is -0.398. The van der Waals surface area contributed by atoms with Crippen LogP contribution in [-0.2, 0) is 25.3 Å². The fourth-order valence-electron chi connectivity index (χ4n) is 0.251. The molecule has 0 radical (unpaired) electrons. The zero-order chi connectivity index (χ0) is 6.41. The third-order valence-corrected chi connectivity index (χ3v) is 0.480. The molecular weight excluding hydrogens is 214 g/mol. The van der Waals surface area contributed by atoms with Crippen LogP contribution in [0.1, 0.15) is 6.92 Å². The molecular formula is C4H8N2O2Pd. The van der Waals surface area contributed by atoms with Gasteiger partial charge in [-0.25, -0.2) is 0 Å². The Bertz CT molecular complexity index is 113. The van der Waals surface area contributed by atoms with E-state index in [4.69, 9.17) is 5.21 Å². The predicted molar refractivity (Wildman–Crippen MR) is 30.4 cm³/mol. The van der Waals surface area contributed by atoms with E-state index in [0.717, 1.165) is 0 Å². The summed E-state index contributed by atoms with van der Waals surface area (Å²) < 4.78 is 0. The monoisotopic (exact) mass is 222 g/mol. The fraction of sp³-hybridized carbons (Fsp3) is 0.500. The Morgan fingerprint density at radius 2 is 2.22 bits per heavy atom. The van der Waals surface area contributed by atoms with E-state index in [-0.39, 0.29) is 20.4 Å². The molecule has 0 rings (SSSR count). The molecule has 0 aliphatic rings. The van der Waals surface area contributed by atoms with Gasteiger partial charge in [-0.05, 0) is 6.92 Å². The Morgan fingerprint density at radius 3 is 2.56 bits per heavy atom. The summed E-state index contributed by atoms with van der Waals surface area (Å²) in [5.41, 5.74) is 0.523. The molecule has 9 heavy (non-hydrogen) atoms. The molecule has 0 unspecified atom stereocenters. The van der Waals surface area contributed by atoms with E-state index in [1.54, 1.807) is 6.92 Å². The minimum absolute atomic E-state index is 0. The molecule has 0 heterocycles. The average Bonchev–Trinajstić information content (AvgIpc) is 1.68. The van der Waals surface area contributed by atoms with Gasteiger partial charge in [-0.2, -0.15) is 0 Å². The predicted octanol–water partition coefficient (Wildman–Crippen LogP) is 0.466. The van der Waals surface area contributed by atoms with E-state index in [2.05, 4.69) is 15.1 Å². The molecule has 0 amide bonds. The molecule has 0 aromatic heterocycles. The van der Waals surface area contributed by atoms with Gasteiger partial charge >= 0.3 is 0 Å². The second-order valence-corrected chi connectivity index (χ2v) is 1.16. The van der Waals surface area contributed by atoms with E-state index >= 15 is 0 Å². The molecule has 56 valence electrons. The number of hydrogen-bond acceptors (Lipinski definition) is 4. The van der Waals surface area contributed by atoms with Gasteiger partial charge in [0.05, 0.1) is 11.9 Å². The Balaban J connectivity index is 0. The summed E-state index contributed by atoms with van der Waals surface area (Å²) in [6.07, 6.45) is 1.18. The van der Waals surface area contributed by atoms with Crippen LogP contribution in [0.15, 0.2) is 10.3 Å². The summed E-state index contributed by atoms with van der Waals surface area (Å²) in [6, 6.07) is 0. The number of rotatable bonds is 2. The first-order valence-corrected chi connectivity index (χ1v) is 2.06. The van der Waals surface area contributed by atoms with Gasteiger partial charge in [0.15, 0.2) is 0 Å². The van der Waals surface area contributed by atoms with Gasteiger partial charge in [-0.3, -0.25) is 0 Å². The molecule has 0 saturated heterocycles. The molecule has 0 aromatic carbocycles. The van der Waals surface area contributed by atoms with Crippen molar-refractivity contribution in [2.75, 3.05) is 7.11 Å². The third-order valence-electron chi connectivity index (χ3n) is 0.480. The molecule has 0 spiro atoms. The van der Waals surface area contributed by atoms with Crippen molar-refractivity contribution < 1.29 is 30.5 Å². The molecule has 0 bridgehead atoms. The van der Waals surface area contributed by atoms with Crippen molar-refractivity contribution in [3.05, 3.63) is 0 Å². The summed E-state index contributed by atoms with van der Waals surface area (Å²) in [4.78, 5) is 4.34. The van der Waals surface area contributed by atoms with E-state index < -0.39 is 0 Å². The topological polar surface area (TPSA) is 54.2 Å². The van der Waals surface area contributed by atoms with Gasteiger partial charge in [0.25, 0.3) is 0 Å². The smallest absolute Gasteiger partial charge is 0.106 e. The molecule has 0 aromatic rings. The van der Waals surface area contributed by atoms with Crippen molar-refractivity contribution in [3.63, 3.8) is 0 Å². The standard InChI is InChI=1S/C4H8N2O2.Pd/c1-4(3-5-7)6-8-2;/h3,7H,1-2H3;. The van der Waals surface area contributed by atoms with Crippen LogP contribution in [0.2, 0.25) is 0 Å². The molecule has 0 aliphatic carbocycles. The van der Waals surface area contributed by atoms with Crippen molar-refractivity contribution in [2.45, 2.75) is 6.92 Å². The van der Waals surface area contributed by atoms with Gasteiger partial charge in [0, 0.05) is 20.4 Å². The maximum absolute atomic E-state index is 7.90. The average molecular weight is 223 g/mol. The summed E-state index contributed by atoms with van der Waals surface area (Å²) >= 11 is 0. The minimum Gasteiger partial charge on any atom is -0.411 e. The van der Waals surface area contributed by atoms with Crippen LogP contribution in [-0.4, -0.2) is 24.2 Å². The van der Waals surface area contributed by atoms with E-state index in [0.29, 0.717) is 5.71 Å². The van der Waals surface area contributed by atoms with Crippen LogP contribution in [0.25, 0.3) is 0 Å². The zero-order valence-corrected chi connectivity index (χ0v) is 6.70. The summed E-state index contributed by atoms with van der Waals surface area (Å²) in [6.45, 7) is 1.66. The van der Waals surface area contributed by atoms with Crippen molar-refractivity contribution >= 4 is 11.9 Å². The molecule has 0 atom stereocenters. The quantitative estimate of drug-likeness (QED) is 0.320. The molecule has 0 saturated carbocycles. The van der Waals surface area contributed by atoms with Crippen molar-refractivity contribution in [3.8, 4) is 0 Å². The van der Waals surface area contributed by atoms with Gasteiger partial charge in [0.1, 0.15) is 7.11 Å². The number of oxime groups is 2. The maximum atomic E-state index is 7.90. The Kier molecular flexibility index (Phi) is 9.63. The van der Waals surface area contributed by atoms with Crippen LogP contribution in [0.5, 0.6) is 0 Å². The van der Waals surface area contributed by atoms with E-state index in [1.165, 1.54) is 13.3 Å². The van der Waals surface area contributed by atoms with Crippen LogP contribution in [0.4, 0.5) is 0 Å². The molecule has 0 aliphatic heterocycles. The van der Waals surface area contributed by atoms with Gasteiger partial charge in [0.2, 0.25) is 0 Å². The number of nitrogens with zero attached hydrogens (tertiary/aromatic N) is 2. The Labute approximate surface area is 67.2 Å². The summed E-state index contributed by atoms with van der Waals surface area (Å²) in [7, 11) is 1.43. The normalized spacial score (nSPS) is 11.1. The summed E-state index contributed by atoms with van der Waals surface area (Å²) in [5, 5.41) is 14.0. The first-order chi connectivity index (χ1) is 3.81. The zero-order valence-electron chi connectivity index (χ0n) is 5.14. The molecule has 0 fully saturated rings. The van der Waals surface area contributed by atoms with Crippen molar-refractivity contribution in [1.29, 1.82) is 0 Å². The second-order valence-electron chi connectivity index (χ2n) is 1.16. The van der Waals surface area contributed by atoms with E-state index in [1.807, 2.05) is 0 Å². The van der Waals surface area contributed by atoms with Crippen molar-refractivity contribution in [2.24, 2.45) is 10.3 Å². The first-order valence-electron chi connectivity index (χ1n) is 2.06. The largest absolute Gasteiger partial charge is 0.411 e. The van der Waals surface area contributed by atoms with E-state index in [9.17, 15) is 0 Å². The van der Waals surface area contributed by atoms with Crippen LogP contribution in [0, 0.1) is 0 Å². The van der Waals surface area contributed by atoms with Gasteiger partial charge < -0.3 is 10.0 Å².